The first-order chi connectivity index (χ1) is 5.93. The predicted octanol–water partition coefficient (Wildman–Crippen LogP) is 1.70. The number of hydrogen-bond acceptors (Lipinski definition) is 3. The molecule has 0 N–H and O–H groups in total. The van der Waals surface area contributed by atoms with Crippen LogP contribution in [-0.4, -0.2) is 19.9 Å². The molecule has 1 aromatic rings. The highest BCUT2D eigenvalue weighted by atomic mass is 16.6. The van der Waals surface area contributed by atoms with E-state index >= 15 is 0 Å². The van der Waals surface area contributed by atoms with Crippen LogP contribution in [0.4, 0.5) is 0 Å². The van der Waals surface area contributed by atoms with E-state index in [1.165, 1.54) is 0 Å². The van der Waals surface area contributed by atoms with E-state index in [2.05, 4.69) is 16.7 Å². The summed E-state index contributed by atoms with van der Waals surface area (Å²) in [7, 11) is 0. The van der Waals surface area contributed by atoms with Crippen molar-refractivity contribution in [3.63, 3.8) is 0 Å². The van der Waals surface area contributed by atoms with Gasteiger partial charge in [0.1, 0.15) is 12.4 Å². The molecule has 0 aromatic heterocycles. The fraction of sp³-hybridized carbons (Fsp3) is 0.222. The second-order valence-electron chi connectivity index (χ2n) is 2.12. The SMILES string of the molecule is C=NOCCOc1ccccc1. The van der Waals surface area contributed by atoms with Gasteiger partial charge >= 0.3 is 0 Å². The van der Waals surface area contributed by atoms with Crippen LogP contribution in [0.15, 0.2) is 35.5 Å². The van der Waals surface area contributed by atoms with Gasteiger partial charge in [-0.25, -0.2) is 0 Å². The highest BCUT2D eigenvalue weighted by Gasteiger charge is 1.89. The molecule has 0 spiro atoms. The van der Waals surface area contributed by atoms with Crippen molar-refractivity contribution in [3.05, 3.63) is 30.3 Å². The molecule has 0 unspecified atom stereocenters. The summed E-state index contributed by atoms with van der Waals surface area (Å²) in [5.74, 6) is 0.838. The van der Waals surface area contributed by atoms with E-state index in [4.69, 9.17) is 4.74 Å². The Hall–Kier alpha value is -1.51. The lowest BCUT2D eigenvalue weighted by atomic mass is 10.3. The Morgan fingerprint density at radius 2 is 1.92 bits per heavy atom. The smallest absolute Gasteiger partial charge is 0.151 e. The van der Waals surface area contributed by atoms with Crippen molar-refractivity contribution in [2.45, 2.75) is 0 Å². The van der Waals surface area contributed by atoms with Crippen LogP contribution < -0.4 is 4.74 Å². The molecular formula is C9H11NO2. The van der Waals surface area contributed by atoms with Crippen molar-refractivity contribution in [2.24, 2.45) is 5.16 Å². The standard InChI is InChI=1S/C9H11NO2/c1-10-12-8-7-11-9-5-3-2-4-6-9/h2-6H,1,7-8H2. The maximum Gasteiger partial charge on any atom is 0.151 e. The normalized spacial score (nSPS) is 9.00. The minimum atomic E-state index is 0.429. The van der Waals surface area contributed by atoms with Crippen LogP contribution >= 0.6 is 0 Å². The summed E-state index contributed by atoms with van der Waals surface area (Å²) in [6.07, 6.45) is 0. The van der Waals surface area contributed by atoms with Gasteiger partial charge in [0.25, 0.3) is 0 Å². The lowest BCUT2D eigenvalue weighted by Crippen LogP contribution is -2.03. The molecular weight excluding hydrogens is 154 g/mol. The van der Waals surface area contributed by atoms with Gasteiger partial charge in [-0.1, -0.05) is 18.2 Å². The quantitative estimate of drug-likeness (QED) is 0.377. The van der Waals surface area contributed by atoms with Gasteiger partial charge in [-0.2, -0.15) is 0 Å². The molecule has 0 radical (unpaired) electrons. The molecule has 1 aromatic carbocycles. The Labute approximate surface area is 71.6 Å². The zero-order chi connectivity index (χ0) is 8.65. The van der Waals surface area contributed by atoms with Crippen LogP contribution in [-0.2, 0) is 4.84 Å². The number of nitrogens with zero attached hydrogens (tertiary/aromatic N) is 1. The van der Waals surface area contributed by atoms with Crippen molar-refractivity contribution in [1.82, 2.24) is 0 Å². The second kappa shape index (κ2) is 5.18. The summed E-state index contributed by atoms with van der Waals surface area (Å²) in [6, 6.07) is 9.56. The molecule has 3 heteroatoms. The Balaban J connectivity index is 2.20. The van der Waals surface area contributed by atoms with Gasteiger partial charge in [-0.05, 0) is 12.1 Å². The second-order valence-corrected chi connectivity index (χ2v) is 2.12. The van der Waals surface area contributed by atoms with E-state index in [1.54, 1.807) is 0 Å². The third-order valence-electron chi connectivity index (χ3n) is 1.28. The topological polar surface area (TPSA) is 30.8 Å². The number of oxime groups is 1. The van der Waals surface area contributed by atoms with Crippen LogP contribution in [0, 0.1) is 0 Å². The monoisotopic (exact) mass is 165 g/mol. The Bertz CT molecular complexity index is 223. The zero-order valence-corrected chi connectivity index (χ0v) is 6.77. The van der Waals surface area contributed by atoms with Crippen molar-refractivity contribution < 1.29 is 9.57 Å². The van der Waals surface area contributed by atoms with Gasteiger partial charge in [0.15, 0.2) is 6.61 Å². The molecule has 0 amide bonds. The van der Waals surface area contributed by atoms with Crippen molar-refractivity contribution in [2.75, 3.05) is 13.2 Å². The molecule has 0 bridgehead atoms. The van der Waals surface area contributed by atoms with Gasteiger partial charge in [0.05, 0.1) is 0 Å². The largest absolute Gasteiger partial charge is 0.490 e. The molecule has 0 saturated heterocycles. The highest BCUT2D eigenvalue weighted by molar-refractivity contribution is 5.21. The first-order valence-electron chi connectivity index (χ1n) is 3.69. The summed E-state index contributed by atoms with van der Waals surface area (Å²) >= 11 is 0. The molecule has 0 aliphatic heterocycles. The molecule has 0 atom stereocenters. The first-order valence-corrected chi connectivity index (χ1v) is 3.69. The highest BCUT2D eigenvalue weighted by Crippen LogP contribution is 2.07. The molecule has 1 rings (SSSR count). The first kappa shape index (κ1) is 8.59. The molecule has 0 heterocycles. The molecule has 0 aliphatic rings. The van der Waals surface area contributed by atoms with E-state index in [-0.39, 0.29) is 0 Å². The van der Waals surface area contributed by atoms with Crippen LogP contribution in [0.2, 0.25) is 0 Å². The molecule has 12 heavy (non-hydrogen) atoms. The molecule has 0 saturated carbocycles. The summed E-state index contributed by atoms with van der Waals surface area (Å²) < 4.78 is 5.30. The van der Waals surface area contributed by atoms with Crippen LogP contribution in [0.25, 0.3) is 0 Å². The Kier molecular flexibility index (Phi) is 3.71. The number of rotatable bonds is 5. The molecule has 0 fully saturated rings. The minimum absolute atomic E-state index is 0.429. The Morgan fingerprint density at radius 1 is 1.17 bits per heavy atom. The van der Waals surface area contributed by atoms with Gasteiger partial charge in [-0.15, -0.1) is 5.16 Å². The number of ether oxygens (including phenoxy) is 1. The number of benzene rings is 1. The fourth-order valence-electron chi connectivity index (χ4n) is 0.778. The molecule has 64 valence electrons. The van der Waals surface area contributed by atoms with Gasteiger partial charge in [0.2, 0.25) is 0 Å². The van der Waals surface area contributed by atoms with Crippen molar-refractivity contribution >= 4 is 6.72 Å². The number of para-hydroxylation sites is 1. The van der Waals surface area contributed by atoms with E-state index in [0.717, 1.165) is 5.75 Å². The number of hydrogen-bond donors (Lipinski definition) is 0. The van der Waals surface area contributed by atoms with Gasteiger partial charge in [0, 0.05) is 6.72 Å². The van der Waals surface area contributed by atoms with E-state index in [0.29, 0.717) is 13.2 Å². The minimum Gasteiger partial charge on any atom is -0.490 e. The average molecular weight is 165 g/mol. The van der Waals surface area contributed by atoms with E-state index < -0.39 is 0 Å². The third kappa shape index (κ3) is 3.05. The lowest BCUT2D eigenvalue weighted by molar-refractivity contribution is 0.109. The summed E-state index contributed by atoms with van der Waals surface area (Å²) in [5.41, 5.74) is 0. The molecule has 3 nitrogen and oxygen atoms in total. The third-order valence-corrected chi connectivity index (χ3v) is 1.28. The van der Waals surface area contributed by atoms with E-state index in [1.807, 2.05) is 30.3 Å². The zero-order valence-electron chi connectivity index (χ0n) is 6.77. The van der Waals surface area contributed by atoms with Crippen LogP contribution in [0.1, 0.15) is 0 Å². The predicted molar refractivity (Wildman–Crippen MR) is 47.4 cm³/mol. The summed E-state index contributed by atoms with van der Waals surface area (Å²) in [6.45, 7) is 4.10. The van der Waals surface area contributed by atoms with Crippen molar-refractivity contribution in [1.29, 1.82) is 0 Å². The van der Waals surface area contributed by atoms with Gasteiger partial charge < -0.3 is 9.57 Å². The fourth-order valence-corrected chi connectivity index (χ4v) is 0.778. The maximum absolute atomic E-state index is 5.30. The van der Waals surface area contributed by atoms with E-state index in [9.17, 15) is 0 Å². The van der Waals surface area contributed by atoms with Crippen LogP contribution in [0.5, 0.6) is 5.75 Å². The van der Waals surface area contributed by atoms with Crippen molar-refractivity contribution in [3.8, 4) is 5.75 Å². The summed E-state index contributed by atoms with van der Waals surface area (Å²) in [4.78, 5) is 4.64. The summed E-state index contributed by atoms with van der Waals surface area (Å²) in [5, 5.41) is 3.24. The van der Waals surface area contributed by atoms with Crippen LogP contribution in [0.3, 0.4) is 0 Å². The van der Waals surface area contributed by atoms with Gasteiger partial charge in [-0.3, -0.25) is 0 Å². The molecule has 0 aliphatic carbocycles. The lowest BCUT2D eigenvalue weighted by Gasteiger charge is -2.03. The Morgan fingerprint density at radius 3 is 2.58 bits per heavy atom. The maximum atomic E-state index is 5.30. The average Bonchev–Trinajstić information content (AvgIpc) is 2.14.